The van der Waals surface area contributed by atoms with Gasteiger partial charge in [0.05, 0.1) is 12.0 Å². The molecule has 178 valence electrons. The fraction of sp³-hybridized carbons (Fsp3) is 0.500. The molecule has 0 bridgehead atoms. The largest absolute Gasteiger partial charge is 0.497 e. The van der Waals surface area contributed by atoms with E-state index in [4.69, 9.17) is 4.74 Å². The summed E-state index contributed by atoms with van der Waals surface area (Å²) in [6.45, 7) is 1.41. The van der Waals surface area contributed by atoms with E-state index in [1.165, 1.54) is 23.1 Å². The number of benzene rings is 2. The van der Waals surface area contributed by atoms with Crippen LogP contribution in [0.4, 0.5) is 0 Å². The molecule has 0 saturated carbocycles. The molecule has 1 heterocycles. The number of nitrogens with zero attached hydrogens (tertiary/aromatic N) is 1. The maximum atomic E-state index is 13.2. The van der Waals surface area contributed by atoms with E-state index in [2.05, 4.69) is 5.32 Å². The van der Waals surface area contributed by atoms with Gasteiger partial charge in [0.2, 0.25) is 15.9 Å². The summed E-state index contributed by atoms with van der Waals surface area (Å²) in [6.07, 6.45) is 7.18. The van der Waals surface area contributed by atoms with Gasteiger partial charge in [-0.3, -0.25) is 4.79 Å². The number of aryl methyl sites for hydroxylation is 3. The van der Waals surface area contributed by atoms with E-state index in [-0.39, 0.29) is 11.8 Å². The first-order valence-electron chi connectivity index (χ1n) is 12.0. The van der Waals surface area contributed by atoms with Crippen LogP contribution >= 0.6 is 0 Å². The minimum Gasteiger partial charge on any atom is -0.497 e. The second kappa shape index (κ2) is 10.7. The van der Waals surface area contributed by atoms with E-state index in [9.17, 15) is 13.2 Å². The predicted molar refractivity (Wildman–Crippen MR) is 129 cm³/mol. The Labute approximate surface area is 197 Å². The molecule has 2 aliphatic rings. The molecule has 1 aliphatic heterocycles. The number of carbonyl (C=O) groups is 1. The number of fused-ring (bicyclic) bond motifs is 1. The molecule has 2 aromatic carbocycles. The molecule has 1 amide bonds. The SMILES string of the molecule is COc1ccc(CCCNC(=O)C2CCN(S(=O)(=O)c3ccc4c(c3)CCCC4)CC2)cc1. The van der Waals surface area contributed by atoms with Gasteiger partial charge in [-0.15, -0.1) is 0 Å². The molecule has 0 spiro atoms. The van der Waals surface area contributed by atoms with Gasteiger partial charge >= 0.3 is 0 Å². The van der Waals surface area contributed by atoms with Crippen LogP contribution in [0.25, 0.3) is 0 Å². The molecule has 0 radical (unpaired) electrons. The van der Waals surface area contributed by atoms with Crippen molar-refractivity contribution >= 4 is 15.9 Å². The van der Waals surface area contributed by atoms with Gasteiger partial charge < -0.3 is 10.1 Å². The first-order chi connectivity index (χ1) is 16.0. The molecule has 1 fully saturated rings. The Morgan fingerprint density at radius 2 is 1.73 bits per heavy atom. The Hall–Kier alpha value is -2.38. The molecule has 1 N–H and O–H groups in total. The molecular formula is C26H34N2O4S. The predicted octanol–water partition coefficient (Wildman–Crippen LogP) is 3.72. The van der Waals surface area contributed by atoms with Crippen molar-refractivity contribution in [2.45, 2.75) is 56.3 Å². The van der Waals surface area contributed by atoms with Gasteiger partial charge in [0.15, 0.2) is 0 Å². The summed E-state index contributed by atoms with van der Waals surface area (Å²) >= 11 is 0. The zero-order valence-corrected chi connectivity index (χ0v) is 20.2. The monoisotopic (exact) mass is 470 g/mol. The van der Waals surface area contributed by atoms with Crippen molar-refractivity contribution < 1.29 is 17.9 Å². The Morgan fingerprint density at radius 1 is 1.03 bits per heavy atom. The van der Waals surface area contributed by atoms with E-state index >= 15 is 0 Å². The van der Waals surface area contributed by atoms with Gasteiger partial charge in [0.25, 0.3) is 0 Å². The summed E-state index contributed by atoms with van der Waals surface area (Å²) in [5, 5.41) is 3.03. The Balaban J connectivity index is 1.23. The smallest absolute Gasteiger partial charge is 0.243 e. The Kier molecular flexibility index (Phi) is 7.71. The summed E-state index contributed by atoms with van der Waals surface area (Å²) in [6, 6.07) is 13.6. The minimum atomic E-state index is -3.51. The van der Waals surface area contributed by atoms with Crippen molar-refractivity contribution in [3.63, 3.8) is 0 Å². The molecular weight excluding hydrogens is 436 g/mol. The first-order valence-corrected chi connectivity index (χ1v) is 13.4. The maximum Gasteiger partial charge on any atom is 0.243 e. The highest BCUT2D eigenvalue weighted by Crippen LogP contribution is 2.28. The summed E-state index contributed by atoms with van der Waals surface area (Å²) in [4.78, 5) is 13.0. The maximum absolute atomic E-state index is 13.2. The quantitative estimate of drug-likeness (QED) is 0.597. The van der Waals surface area contributed by atoms with Crippen molar-refractivity contribution in [1.82, 2.24) is 9.62 Å². The van der Waals surface area contributed by atoms with Crippen LogP contribution in [-0.2, 0) is 34.1 Å². The minimum absolute atomic E-state index is 0.0376. The van der Waals surface area contributed by atoms with Crippen LogP contribution in [-0.4, -0.2) is 45.4 Å². The Morgan fingerprint density at radius 3 is 2.42 bits per heavy atom. The van der Waals surface area contributed by atoms with E-state index in [0.29, 0.717) is 37.4 Å². The molecule has 1 saturated heterocycles. The van der Waals surface area contributed by atoms with Crippen LogP contribution in [0.1, 0.15) is 48.8 Å². The van der Waals surface area contributed by atoms with Gasteiger partial charge in [0, 0.05) is 25.6 Å². The number of rotatable bonds is 8. The zero-order chi connectivity index (χ0) is 23.3. The molecule has 0 aromatic heterocycles. The van der Waals surface area contributed by atoms with E-state index in [0.717, 1.165) is 37.9 Å². The van der Waals surface area contributed by atoms with Crippen LogP contribution in [0.5, 0.6) is 5.75 Å². The molecule has 4 rings (SSSR count). The molecule has 1 aliphatic carbocycles. The van der Waals surface area contributed by atoms with E-state index in [1.807, 2.05) is 36.4 Å². The lowest BCUT2D eigenvalue weighted by atomic mass is 9.92. The van der Waals surface area contributed by atoms with Crippen molar-refractivity contribution in [3.05, 3.63) is 59.2 Å². The van der Waals surface area contributed by atoms with Gasteiger partial charge in [-0.05, 0) is 92.3 Å². The van der Waals surface area contributed by atoms with Crippen LogP contribution in [0, 0.1) is 5.92 Å². The summed E-state index contributed by atoms with van der Waals surface area (Å²) in [7, 11) is -1.86. The number of amides is 1. The van der Waals surface area contributed by atoms with Crippen molar-refractivity contribution in [2.24, 2.45) is 5.92 Å². The third-order valence-corrected chi connectivity index (χ3v) is 8.78. The van der Waals surface area contributed by atoms with Gasteiger partial charge in [-0.2, -0.15) is 4.31 Å². The fourth-order valence-electron chi connectivity index (χ4n) is 4.82. The number of piperidine rings is 1. The van der Waals surface area contributed by atoms with Crippen LogP contribution in [0.3, 0.4) is 0 Å². The summed E-state index contributed by atoms with van der Waals surface area (Å²) in [5.74, 6) is 0.753. The third kappa shape index (κ3) is 5.76. The number of methoxy groups -OCH3 is 1. The Bertz CT molecular complexity index is 1060. The zero-order valence-electron chi connectivity index (χ0n) is 19.4. The molecule has 7 heteroatoms. The van der Waals surface area contributed by atoms with Crippen LogP contribution in [0.15, 0.2) is 47.4 Å². The number of carbonyl (C=O) groups excluding carboxylic acids is 1. The summed E-state index contributed by atoms with van der Waals surface area (Å²) < 4.78 is 33.0. The number of hydrogen-bond donors (Lipinski definition) is 1. The average Bonchev–Trinajstić information content (AvgIpc) is 2.86. The molecule has 2 aromatic rings. The highest BCUT2D eigenvalue weighted by Gasteiger charge is 2.32. The highest BCUT2D eigenvalue weighted by atomic mass is 32.2. The van der Waals surface area contributed by atoms with E-state index < -0.39 is 10.0 Å². The number of ether oxygens (including phenoxy) is 1. The van der Waals surface area contributed by atoms with Crippen LogP contribution in [0.2, 0.25) is 0 Å². The molecule has 0 atom stereocenters. The molecule has 0 unspecified atom stereocenters. The third-order valence-electron chi connectivity index (χ3n) is 6.88. The lowest BCUT2D eigenvalue weighted by molar-refractivity contribution is -0.126. The van der Waals surface area contributed by atoms with Crippen molar-refractivity contribution in [1.29, 1.82) is 0 Å². The van der Waals surface area contributed by atoms with Gasteiger partial charge in [0.1, 0.15) is 5.75 Å². The normalized spacial score (nSPS) is 17.4. The molecule has 33 heavy (non-hydrogen) atoms. The van der Waals surface area contributed by atoms with Crippen molar-refractivity contribution in [2.75, 3.05) is 26.7 Å². The second-order valence-corrected chi connectivity index (χ2v) is 11.0. The van der Waals surface area contributed by atoms with Crippen LogP contribution < -0.4 is 10.1 Å². The number of nitrogens with one attached hydrogen (secondary N) is 1. The van der Waals surface area contributed by atoms with E-state index in [1.54, 1.807) is 17.5 Å². The van der Waals surface area contributed by atoms with Gasteiger partial charge in [-0.1, -0.05) is 18.2 Å². The van der Waals surface area contributed by atoms with Crippen molar-refractivity contribution in [3.8, 4) is 5.75 Å². The number of sulfonamides is 1. The van der Waals surface area contributed by atoms with Gasteiger partial charge in [-0.25, -0.2) is 8.42 Å². The number of hydrogen-bond acceptors (Lipinski definition) is 4. The first kappa shape index (κ1) is 23.8. The average molecular weight is 471 g/mol. The second-order valence-electron chi connectivity index (χ2n) is 9.06. The fourth-order valence-corrected chi connectivity index (χ4v) is 6.34. The lowest BCUT2D eigenvalue weighted by Crippen LogP contribution is -2.43. The highest BCUT2D eigenvalue weighted by molar-refractivity contribution is 7.89. The topological polar surface area (TPSA) is 75.7 Å². The lowest BCUT2D eigenvalue weighted by Gasteiger charge is -2.31. The summed E-state index contributed by atoms with van der Waals surface area (Å²) in [5.41, 5.74) is 3.67. The standard InChI is InChI=1S/C26H34N2O4S/c1-32-24-11-8-20(9-12-24)5-4-16-27-26(29)22-14-17-28(18-15-22)33(30,31)25-13-10-21-6-2-3-7-23(21)19-25/h8-13,19,22H,2-7,14-18H2,1H3,(H,27,29). The molecule has 6 nitrogen and oxygen atoms in total.